The molecule has 162 valence electrons. The number of nitrogens with zero attached hydrogens (tertiary/aromatic N) is 3. The lowest BCUT2D eigenvalue weighted by atomic mass is 9.94. The van der Waals surface area contributed by atoms with Crippen LogP contribution in [0.15, 0.2) is 38.4 Å². The Balaban J connectivity index is 1.90. The smallest absolute Gasteiger partial charge is 0.142 e. The summed E-state index contributed by atoms with van der Waals surface area (Å²) in [4.78, 5) is 4.79. The first-order valence-corrected chi connectivity index (χ1v) is 10.5. The van der Waals surface area contributed by atoms with Gasteiger partial charge < -0.3 is 19.1 Å². The Labute approximate surface area is 182 Å². The van der Waals surface area contributed by atoms with Gasteiger partial charge in [-0.25, -0.2) is 0 Å². The minimum atomic E-state index is 0.150. The lowest BCUT2D eigenvalue weighted by molar-refractivity contribution is 0.393. The van der Waals surface area contributed by atoms with Crippen molar-refractivity contribution < 1.29 is 13.8 Å². The molecule has 3 aromatic rings. The highest BCUT2D eigenvalue weighted by Gasteiger charge is 2.23. The highest BCUT2D eigenvalue weighted by atomic mass is 16.5. The normalized spacial score (nSPS) is 17.1. The third kappa shape index (κ3) is 3.87. The largest absolute Gasteiger partial charge is 0.496 e. The van der Waals surface area contributed by atoms with Gasteiger partial charge in [0.05, 0.1) is 35.3 Å². The summed E-state index contributed by atoms with van der Waals surface area (Å²) >= 11 is 0. The van der Waals surface area contributed by atoms with Gasteiger partial charge in [-0.2, -0.15) is 0 Å². The molecule has 0 fully saturated rings. The van der Waals surface area contributed by atoms with E-state index in [1.165, 1.54) is 0 Å². The molecule has 1 aliphatic heterocycles. The summed E-state index contributed by atoms with van der Waals surface area (Å²) in [5, 5.41) is 11.9. The van der Waals surface area contributed by atoms with E-state index in [-0.39, 0.29) is 6.04 Å². The Kier molecular flexibility index (Phi) is 5.67. The van der Waals surface area contributed by atoms with Crippen molar-refractivity contribution in [2.75, 3.05) is 12.4 Å². The van der Waals surface area contributed by atoms with Crippen molar-refractivity contribution in [3.63, 3.8) is 0 Å². The number of methoxy groups -OCH3 is 1. The number of hydrogen-bond acceptors (Lipinski definition) is 7. The Morgan fingerprint density at radius 1 is 1.03 bits per heavy atom. The predicted molar refractivity (Wildman–Crippen MR) is 121 cm³/mol. The monoisotopic (exact) mass is 420 g/mol. The molecule has 0 saturated heterocycles. The minimum absolute atomic E-state index is 0.150. The maximum Gasteiger partial charge on any atom is 0.142 e. The first-order valence-electron chi connectivity index (χ1n) is 10.5. The van der Waals surface area contributed by atoms with Crippen LogP contribution in [-0.4, -0.2) is 29.2 Å². The lowest BCUT2D eigenvalue weighted by Crippen LogP contribution is -2.17. The Hall–Kier alpha value is -3.35. The zero-order valence-corrected chi connectivity index (χ0v) is 18.9. The van der Waals surface area contributed by atoms with Crippen LogP contribution >= 0.6 is 0 Å². The van der Waals surface area contributed by atoms with Gasteiger partial charge in [-0.05, 0) is 57.9 Å². The number of aliphatic imine (C=N–C) groups is 1. The van der Waals surface area contributed by atoms with Gasteiger partial charge >= 0.3 is 0 Å². The fourth-order valence-electron chi connectivity index (χ4n) is 4.13. The average Bonchev–Trinajstić information content (AvgIpc) is 3.28. The van der Waals surface area contributed by atoms with Gasteiger partial charge in [0.1, 0.15) is 17.3 Å². The highest BCUT2D eigenvalue weighted by molar-refractivity contribution is 6.04. The van der Waals surface area contributed by atoms with Crippen LogP contribution < -0.4 is 10.1 Å². The van der Waals surface area contributed by atoms with E-state index < -0.39 is 0 Å². The third-order valence-corrected chi connectivity index (χ3v) is 5.74. The van der Waals surface area contributed by atoms with Crippen molar-refractivity contribution in [1.29, 1.82) is 0 Å². The quantitative estimate of drug-likeness (QED) is 0.615. The number of hydrogen-bond donors (Lipinski definition) is 1. The fourth-order valence-corrected chi connectivity index (χ4v) is 4.13. The molecule has 1 aliphatic rings. The topological polar surface area (TPSA) is 85.7 Å². The molecule has 7 heteroatoms. The summed E-state index contributed by atoms with van der Waals surface area (Å²) in [7, 11) is 1.69. The van der Waals surface area contributed by atoms with Crippen LogP contribution in [0.1, 0.15) is 47.4 Å². The maximum absolute atomic E-state index is 5.79. The summed E-state index contributed by atoms with van der Waals surface area (Å²) in [6, 6.07) is 4.36. The van der Waals surface area contributed by atoms with Gasteiger partial charge in [-0.3, -0.25) is 4.99 Å². The predicted octanol–water partition coefficient (Wildman–Crippen LogP) is 5.32. The second-order valence-corrected chi connectivity index (χ2v) is 7.86. The first kappa shape index (κ1) is 20.9. The molecule has 0 amide bonds. The van der Waals surface area contributed by atoms with Gasteiger partial charge in [0, 0.05) is 29.9 Å². The number of ether oxygens (including phenoxy) is 1. The molecule has 0 aliphatic carbocycles. The fraction of sp³-hybridized carbons (Fsp3) is 0.375. The molecule has 3 heterocycles. The van der Waals surface area contributed by atoms with E-state index in [2.05, 4.69) is 40.8 Å². The molecule has 0 radical (unpaired) electrons. The number of anilines is 1. The van der Waals surface area contributed by atoms with Crippen molar-refractivity contribution in [1.82, 2.24) is 10.3 Å². The van der Waals surface area contributed by atoms with E-state index in [4.69, 9.17) is 18.8 Å². The van der Waals surface area contributed by atoms with Crippen molar-refractivity contribution in [2.45, 2.75) is 53.5 Å². The summed E-state index contributed by atoms with van der Waals surface area (Å²) in [6.07, 6.45) is 5.51. The molecule has 1 unspecified atom stereocenters. The van der Waals surface area contributed by atoms with E-state index in [0.717, 1.165) is 68.7 Å². The van der Waals surface area contributed by atoms with E-state index in [1.807, 2.05) is 33.9 Å². The number of fused-ring (bicyclic) bond motifs is 1. The van der Waals surface area contributed by atoms with Crippen LogP contribution in [0.4, 0.5) is 5.69 Å². The summed E-state index contributed by atoms with van der Waals surface area (Å²) in [5.41, 5.74) is 7.59. The Morgan fingerprint density at radius 2 is 1.71 bits per heavy atom. The first-order chi connectivity index (χ1) is 14.9. The van der Waals surface area contributed by atoms with E-state index >= 15 is 0 Å². The molecule has 2 aromatic heterocycles. The summed E-state index contributed by atoms with van der Waals surface area (Å²) in [6.45, 7) is 9.88. The van der Waals surface area contributed by atoms with Crippen molar-refractivity contribution in [3.05, 3.63) is 58.4 Å². The van der Waals surface area contributed by atoms with Crippen LogP contribution in [0, 0.1) is 27.7 Å². The molecule has 1 atom stereocenters. The molecule has 4 rings (SSSR count). The average molecular weight is 421 g/mol. The third-order valence-electron chi connectivity index (χ3n) is 5.74. The van der Waals surface area contributed by atoms with Crippen LogP contribution in [0.5, 0.6) is 5.75 Å². The SMILES string of the molecule is CCC1/C=C\N=C(c2c(C)noc2C)Cc2cc(OC)c(-c3c(C)noc3C)cc2N1. The maximum atomic E-state index is 5.79. The Bertz CT molecular complexity index is 1130. The van der Waals surface area contributed by atoms with E-state index in [9.17, 15) is 0 Å². The molecule has 1 N–H and O–H groups in total. The van der Waals surface area contributed by atoms with Crippen molar-refractivity contribution in [3.8, 4) is 16.9 Å². The molecule has 0 bridgehead atoms. The summed E-state index contributed by atoms with van der Waals surface area (Å²) in [5.74, 6) is 2.31. The van der Waals surface area contributed by atoms with Crippen molar-refractivity contribution >= 4 is 11.4 Å². The molecule has 0 saturated carbocycles. The zero-order chi connectivity index (χ0) is 22.1. The van der Waals surface area contributed by atoms with Crippen LogP contribution in [0.3, 0.4) is 0 Å². The van der Waals surface area contributed by atoms with Crippen LogP contribution in [0.2, 0.25) is 0 Å². The van der Waals surface area contributed by atoms with Gasteiger partial charge in [0.25, 0.3) is 0 Å². The number of aryl methyl sites for hydroxylation is 4. The number of nitrogens with one attached hydrogen (secondary N) is 1. The van der Waals surface area contributed by atoms with Crippen LogP contribution in [-0.2, 0) is 6.42 Å². The van der Waals surface area contributed by atoms with Gasteiger partial charge in [0.2, 0.25) is 0 Å². The lowest BCUT2D eigenvalue weighted by Gasteiger charge is -2.20. The Morgan fingerprint density at radius 3 is 2.29 bits per heavy atom. The van der Waals surface area contributed by atoms with Gasteiger partial charge in [-0.15, -0.1) is 0 Å². The van der Waals surface area contributed by atoms with Crippen LogP contribution in [0.25, 0.3) is 11.1 Å². The zero-order valence-electron chi connectivity index (χ0n) is 18.9. The molecule has 1 aromatic carbocycles. The molecular formula is C24H28N4O3. The minimum Gasteiger partial charge on any atom is -0.496 e. The van der Waals surface area contributed by atoms with Gasteiger partial charge in [0.15, 0.2) is 0 Å². The highest BCUT2D eigenvalue weighted by Crippen LogP contribution is 2.39. The molecule has 7 nitrogen and oxygen atoms in total. The van der Waals surface area contributed by atoms with Gasteiger partial charge in [-0.1, -0.05) is 17.2 Å². The second-order valence-electron chi connectivity index (χ2n) is 7.86. The molecule has 0 spiro atoms. The van der Waals surface area contributed by atoms with Crippen molar-refractivity contribution in [2.24, 2.45) is 4.99 Å². The van der Waals surface area contributed by atoms with E-state index in [0.29, 0.717) is 6.42 Å². The summed E-state index contributed by atoms with van der Waals surface area (Å²) < 4.78 is 16.6. The molecule has 31 heavy (non-hydrogen) atoms. The number of rotatable bonds is 4. The standard InChI is InChI=1S/C24H28N4O3/c1-7-18-8-9-25-21(24-14(3)28-31-16(24)5)10-17-11-22(29-6)19(12-20(17)26-18)23-13(2)27-30-15(23)4/h8-9,11-12,18,26H,7,10H2,1-6H3/b9-8-,25-21?. The number of benzene rings is 1. The van der Waals surface area contributed by atoms with E-state index in [1.54, 1.807) is 7.11 Å². The number of aromatic nitrogens is 2. The molecular weight excluding hydrogens is 392 g/mol. The second kappa shape index (κ2) is 8.41.